The molecule has 0 saturated carbocycles. The maximum absolute atomic E-state index is 13.0. The number of carbonyl (C=O) groups is 1. The Kier molecular flexibility index (Phi) is 7.63. The summed E-state index contributed by atoms with van der Waals surface area (Å²) in [4.78, 5) is 19.0. The number of hydrogen-bond acceptors (Lipinski definition) is 5. The summed E-state index contributed by atoms with van der Waals surface area (Å²) in [5.41, 5.74) is 1.89. The Morgan fingerprint density at radius 3 is 2.20 bits per heavy atom. The molecule has 0 fully saturated rings. The fourth-order valence-corrected chi connectivity index (χ4v) is 4.09. The first kappa shape index (κ1) is 22.0. The maximum Gasteiger partial charge on any atom is 0.233 e. The zero-order valence-corrected chi connectivity index (χ0v) is 18.8. The smallest absolute Gasteiger partial charge is 0.233 e. The van der Waals surface area contributed by atoms with Gasteiger partial charge in [-0.15, -0.1) is 10.2 Å². The van der Waals surface area contributed by atoms with Crippen LogP contribution in [0.5, 0.6) is 0 Å². The monoisotopic (exact) mass is 423 g/mol. The molecule has 0 saturated heterocycles. The summed E-state index contributed by atoms with van der Waals surface area (Å²) in [6.45, 7) is 10.1. The van der Waals surface area contributed by atoms with Crippen molar-refractivity contribution < 1.29 is 4.79 Å². The van der Waals surface area contributed by atoms with E-state index in [0.29, 0.717) is 22.7 Å². The van der Waals surface area contributed by atoms with Crippen molar-refractivity contribution in [1.82, 2.24) is 24.6 Å². The Labute approximate surface area is 182 Å². The van der Waals surface area contributed by atoms with Gasteiger partial charge in [0.15, 0.2) is 11.0 Å². The molecule has 30 heavy (non-hydrogen) atoms. The molecule has 3 aromatic rings. The molecule has 158 valence electrons. The van der Waals surface area contributed by atoms with Crippen molar-refractivity contribution in [2.45, 2.75) is 32.9 Å². The quantitative estimate of drug-likeness (QED) is 0.472. The molecule has 0 N–H and O–H groups in total. The van der Waals surface area contributed by atoms with Crippen LogP contribution in [0.4, 0.5) is 0 Å². The lowest BCUT2D eigenvalue weighted by Gasteiger charge is -2.26. The highest BCUT2D eigenvalue weighted by Gasteiger charge is 2.20. The van der Waals surface area contributed by atoms with Gasteiger partial charge in [-0.2, -0.15) is 0 Å². The molecule has 0 atom stereocenters. The summed E-state index contributed by atoms with van der Waals surface area (Å²) in [5, 5.41) is 9.53. The summed E-state index contributed by atoms with van der Waals surface area (Å²) in [7, 11) is 0. The third-order valence-electron chi connectivity index (χ3n) is 4.43. The molecule has 7 heteroatoms. The fraction of sp³-hybridized carbons (Fsp3) is 0.391. The lowest BCUT2D eigenvalue weighted by molar-refractivity contribution is -0.129. The van der Waals surface area contributed by atoms with Gasteiger partial charge in [-0.05, 0) is 36.1 Å². The Morgan fingerprint density at radius 1 is 0.967 bits per heavy atom. The predicted octanol–water partition coefficient (Wildman–Crippen LogP) is 4.56. The van der Waals surface area contributed by atoms with Crippen LogP contribution >= 0.6 is 11.8 Å². The number of rotatable bonds is 9. The van der Waals surface area contributed by atoms with Gasteiger partial charge in [0.25, 0.3) is 0 Å². The summed E-state index contributed by atoms with van der Waals surface area (Å²) in [6.07, 6.45) is 3.48. The number of thioether (sulfide) groups is 1. The van der Waals surface area contributed by atoms with Crippen molar-refractivity contribution in [1.29, 1.82) is 0 Å². The van der Waals surface area contributed by atoms with Gasteiger partial charge in [0.05, 0.1) is 5.75 Å². The molecule has 1 aromatic carbocycles. The molecule has 0 aliphatic carbocycles. The molecule has 0 spiro atoms. The molecule has 2 aromatic heterocycles. The van der Waals surface area contributed by atoms with Crippen molar-refractivity contribution in [2.24, 2.45) is 11.8 Å². The minimum Gasteiger partial charge on any atom is -0.341 e. The van der Waals surface area contributed by atoms with Crippen LogP contribution in [-0.2, 0) is 4.79 Å². The Hall–Kier alpha value is -2.67. The second-order valence-electron chi connectivity index (χ2n) is 8.09. The van der Waals surface area contributed by atoms with Gasteiger partial charge in [-0.25, -0.2) is 0 Å². The van der Waals surface area contributed by atoms with Crippen LogP contribution in [-0.4, -0.2) is 49.4 Å². The Balaban J connectivity index is 1.86. The molecule has 6 nitrogen and oxygen atoms in total. The van der Waals surface area contributed by atoms with E-state index >= 15 is 0 Å². The van der Waals surface area contributed by atoms with Crippen LogP contribution in [0.2, 0.25) is 0 Å². The summed E-state index contributed by atoms with van der Waals surface area (Å²) in [6, 6.07) is 13.8. The van der Waals surface area contributed by atoms with E-state index in [1.165, 1.54) is 11.8 Å². The zero-order valence-electron chi connectivity index (χ0n) is 18.0. The van der Waals surface area contributed by atoms with Crippen LogP contribution in [0.1, 0.15) is 27.7 Å². The van der Waals surface area contributed by atoms with Crippen LogP contribution < -0.4 is 0 Å². The number of hydrogen-bond donors (Lipinski definition) is 0. The highest BCUT2D eigenvalue weighted by Crippen LogP contribution is 2.27. The molecule has 0 aliphatic rings. The van der Waals surface area contributed by atoms with Crippen molar-refractivity contribution in [3.63, 3.8) is 0 Å². The van der Waals surface area contributed by atoms with Gasteiger partial charge < -0.3 is 4.90 Å². The minimum atomic E-state index is 0.135. The van der Waals surface area contributed by atoms with Crippen molar-refractivity contribution >= 4 is 17.7 Å². The third kappa shape index (κ3) is 5.69. The summed E-state index contributed by atoms with van der Waals surface area (Å²) >= 11 is 1.43. The Morgan fingerprint density at radius 2 is 1.60 bits per heavy atom. The van der Waals surface area contributed by atoms with Crippen molar-refractivity contribution in [3.8, 4) is 17.1 Å². The number of aromatic nitrogens is 4. The van der Waals surface area contributed by atoms with E-state index in [1.54, 1.807) is 12.4 Å². The molecule has 0 aliphatic heterocycles. The van der Waals surface area contributed by atoms with Crippen molar-refractivity contribution in [2.75, 3.05) is 18.8 Å². The molecule has 0 radical (unpaired) electrons. The van der Waals surface area contributed by atoms with Gasteiger partial charge in [-0.3, -0.25) is 14.3 Å². The molecule has 0 bridgehead atoms. The summed E-state index contributed by atoms with van der Waals surface area (Å²) < 4.78 is 2.00. The SMILES string of the molecule is CC(C)CN(CC(C)C)C(=O)CSc1nnc(-c2ccncc2)n1-c1ccccc1. The number of pyridine rings is 1. The molecular formula is C23H29N5OS. The van der Waals surface area contributed by atoms with Crippen LogP contribution in [0.15, 0.2) is 60.0 Å². The van der Waals surface area contributed by atoms with E-state index in [2.05, 4.69) is 42.9 Å². The Bertz CT molecular complexity index is 931. The number of nitrogens with zero attached hydrogens (tertiary/aromatic N) is 5. The van der Waals surface area contributed by atoms with Gasteiger partial charge in [-0.1, -0.05) is 57.7 Å². The highest BCUT2D eigenvalue weighted by molar-refractivity contribution is 7.99. The largest absolute Gasteiger partial charge is 0.341 e. The maximum atomic E-state index is 13.0. The van der Waals surface area contributed by atoms with E-state index in [9.17, 15) is 4.79 Å². The van der Waals surface area contributed by atoms with Crippen LogP contribution in [0.25, 0.3) is 17.1 Å². The molecule has 3 rings (SSSR count). The highest BCUT2D eigenvalue weighted by atomic mass is 32.2. The molecular weight excluding hydrogens is 394 g/mol. The summed E-state index contributed by atoms with van der Waals surface area (Å²) in [5.74, 6) is 2.07. The third-order valence-corrected chi connectivity index (χ3v) is 5.35. The number of amides is 1. The van der Waals surface area contributed by atoms with Crippen molar-refractivity contribution in [3.05, 3.63) is 54.9 Å². The topological polar surface area (TPSA) is 63.9 Å². The second kappa shape index (κ2) is 10.4. The van der Waals surface area contributed by atoms with Gasteiger partial charge in [0.1, 0.15) is 0 Å². The zero-order chi connectivity index (χ0) is 21.5. The number of para-hydroxylation sites is 1. The average molecular weight is 424 g/mol. The van der Waals surface area contributed by atoms with Crippen LogP contribution in [0.3, 0.4) is 0 Å². The molecule has 2 heterocycles. The second-order valence-corrected chi connectivity index (χ2v) is 9.03. The normalized spacial score (nSPS) is 11.3. The average Bonchev–Trinajstić information content (AvgIpc) is 3.16. The van der Waals surface area contributed by atoms with E-state index < -0.39 is 0 Å². The van der Waals surface area contributed by atoms with E-state index in [1.807, 2.05) is 51.9 Å². The first-order valence-electron chi connectivity index (χ1n) is 10.3. The standard InChI is InChI=1S/C23H29N5OS/c1-17(2)14-27(15-18(3)4)21(29)16-30-23-26-25-22(19-10-12-24-13-11-19)28(23)20-8-6-5-7-9-20/h5-13,17-18H,14-16H2,1-4H3. The predicted molar refractivity (Wildman–Crippen MR) is 122 cm³/mol. The first-order chi connectivity index (χ1) is 14.5. The van der Waals surface area contributed by atoms with Crippen LogP contribution in [0, 0.1) is 11.8 Å². The van der Waals surface area contributed by atoms with Gasteiger partial charge in [0, 0.05) is 36.7 Å². The molecule has 0 unspecified atom stereocenters. The lowest BCUT2D eigenvalue weighted by atomic mass is 10.1. The van der Waals surface area contributed by atoms with Gasteiger partial charge >= 0.3 is 0 Å². The first-order valence-corrected chi connectivity index (χ1v) is 11.3. The minimum absolute atomic E-state index is 0.135. The fourth-order valence-electron chi connectivity index (χ4n) is 3.24. The number of carbonyl (C=O) groups excluding carboxylic acids is 1. The van der Waals surface area contributed by atoms with E-state index in [-0.39, 0.29) is 5.91 Å². The van der Waals surface area contributed by atoms with E-state index in [0.717, 1.165) is 30.2 Å². The van der Waals surface area contributed by atoms with E-state index in [4.69, 9.17) is 0 Å². The lowest BCUT2D eigenvalue weighted by Crippen LogP contribution is -2.38. The van der Waals surface area contributed by atoms with Gasteiger partial charge in [0.2, 0.25) is 5.91 Å². The number of benzene rings is 1. The molecule has 1 amide bonds.